The molecular weight excluding hydrogens is 278 g/mol. The molecule has 2 N–H and O–H groups in total. The molecule has 0 spiro atoms. The van der Waals surface area contributed by atoms with E-state index in [2.05, 4.69) is 15.9 Å². The maximum Gasteiger partial charge on any atom is 0.270 e. The van der Waals surface area contributed by atoms with Crippen LogP contribution in [0, 0.1) is 21.4 Å². The Labute approximate surface area is 98.9 Å². The van der Waals surface area contributed by atoms with Gasteiger partial charge in [0.15, 0.2) is 0 Å². The zero-order valence-electron chi connectivity index (χ0n) is 7.88. The van der Waals surface area contributed by atoms with E-state index in [1.807, 2.05) is 0 Å². The molecule has 0 saturated heterocycles. The minimum absolute atomic E-state index is 0.203. The molecule has 0 bridgehead atoms. The molecule has 1 aromatic rings. The van der Waals surface area contributed by atoms with Crippen molar-refractivity contribution in [3.63, 3.8) is 0 Å². The number of halogens is 1. The second-order valence-corrected chi connectivity index (χ2v) is 3.88. The van der Waals surface area contributed by atoms with Crippen LogP contribution in [0.25, 0.3) is 0 Å². The fraction of sp³-hybridized carbons (Fsp3) is 0.111. The second-order valence-electron chi connectivity index (χ2n) is 2.96. The van der Waals surface area contributed by atoms with Crippen molar-refractivity contribution in [1.82, 2.24) is 0 Å². The minimum Gasteiger partial charge on any atom is -0.368 e. The standard InChI is InChI=1S/C9H6BrN3O3/c10-6-1-5(8(4-11)9(12)14)2-7(3-6)13(15)16/h1-3,8H,(H2,12,14). The van der Waals surface area contributed by atoms with Crippen molar-refractivity contribution in [2.75, 3.05) is 0 Å². The Morgan fingerprint density at radius 1 is 1.56 bits per heavy atom. The maximum atomic E-state index is 10.9. The van der Waals surface area contributed by atoms with E-state index in [1.165, 1.54) is 12.1 Å². The lowest BCUT2D eigenvalue weighted by Gasteiger charge is -2.05. The number of primary amides is 1. The average molecular weight is 284 g/mol. The van der Waals surface area contributed by atoms with Crippen molar-refractivity contribution in [2.45, 2.75) is 5.92 Å². The SMILES string of the molecule is N#CC(C(N)=O)c1cc(Br)cc([N+](=O)[O-])c1. The molecule has 1 aromatic carbocycles. The molecule has 0 aliphatic carbocycles. The number of carbonyl (C=O) groups is 1. The summed E-state index contributed by atoms with van der Waals surface area (Å²) >= 11 is 3.06. The van der Waals surface area contributed by atoms with Crippen LogP contribution in [0.3, 0.4) is 0 Å². The number of nitrogens with zero attached hydrogens (tertiary/aromatic N) is 2. The average Bonchev–Trinajstić information content (AvgIpc) is 2.17. The number of non-ortho nitro benzene ring substituents is 1. The summed E-state index contributed by atoms with van der Waals surface area (Å²) in [5, 5.41) is 19.3. The van der Waals surface area contributed by atoms with E-state index < -0.39 is 16.7 Å². The summed E-state index contributed by atoms with van der Waals surface area (Å²) < 4.78 is 0.415. The number of nitrogens with two attached hydrogens (primary N) is 1. The molecule has 6 nitrogen and oxygen atoms in total. The molecule has 7 heteroatoms. The summed E-state index contributed by atoms with van der Waals surface area (Å²) in [7, 11) is 0. The summed E-state index contributed by atoms with van der Waals surface area (Å²) in [5.74, 6) is -2.02. The summed E-state index contributed by atoms with van der Waals surface area (Å²) in [4.78, 5) is 20.9. The Bertz CT molecular complexity index is 495. The first-order valence-corrected chi connectivity index (χ1v) is 4.89. The number of nitriles is 1. The van der Waals surface area contributed by atoms with Gasteiger partial charge in [0.1, 0.15) is 5.92 Å². The minimum atomic E-state index is -1.18. The smallest absolute Gasteiger partial charge is 0.270 e. The zero-order chi connectivity index (χ0) is 12.3. The maximum absolute atomic E-state index is 10.9. The van der Waals surface area contributed by atoms with Crippen molar-refractivity contribution in [3.8, 4) is 6.07 Å². The van der Waals surface area contributed by atoms with Crippen LogP contribution in [0.2, 0.25) is 0 Å². The molecule has 0 fully saturated rings. The molecule has 82 valence electrons. The van der Waals surface area contributed by atoms with Crippen LogP contribution in [0.15, 0.2) is 22.7 Å². The molecule has 1 rings (SSSR count). The highest BCUT2D eigenvalue weighted by Crippen LogP contribution is 2.25. The number of benzene rings is 1. The normalized spacial score (nSPS) is 11.5. The van der Waals surface area contributed by atoms with Gasteiger partial charge >= 0.3 is 0 Å². The number of hydrogen-bond donors (Lipinski definition) is 1. The summed E-state index contributed by atoms with van der Waals surface area (Å²) in [5.41, 5.74) is 5.01. The quantitative estimate of drug-likeness (QED) is 0.668. The topological polar surface area (TPSA) is 110 Å². The molecule has 0 radical (unpaired) electrons. The van der Waals surface area contributed by atoms with E-state index in [0.29, 0.717) is 4.47 Å². The molecule has 0 aliphatic heterocycles. The predicted molar refractivity (Wildman–Crippen MR) is 58.3 cm³/mol. The van der Waals surface area contributed by atoms with E-state index in [4.69, 9.17) is 11.0 Å². The molecule has 0 heterocycles. The van der Waals surface area contributed by atoms with Gasteiger partial charge in [-0.3, -0.25) is 14.9 Å². The first kappa shape index (κ1) is 12.1. The molecule has 0 aliphatic rings. The molecule has 1 amide bonds. The zero-order valence-corrected chi connectivity index (χ0v) is 9.47. The summed E-state index contributed by atoms with van der Waals surface area (Å²) in [6.07, 6.45) is 0. The largest absolute Gasteiger partial charge is 0.368 e. The van der Waals surface area contributed by atoms with E-state index in [9.17, 15) is 14.9 Å². The fourth-order valence-corrected chi connectivity index (χ4v) is 1.67. The third-order valence-electron chi connectivity index (χ3n) is 1.86. The van der Waals surface area contributed by atoms with Gasteiger partial charge in [0, 0.05) is 16.6 Å². The van der Waals surface area contributed by atoms with Crippen LogP contribution >= 0.6 is 15.9 Å². The van der Waals surface area contributed by atoms with Gasteiger partial charge in [0.05, 0.1) is 11.0 Å². The van der Waals surface area contributed by atoms with E-state index in [-0.39, 0.29) is 11.3 Å². The van der Waals surface area contributed by atoms with Crippen molar-refractivity contribution in [3.05, 3.63) is 38.3 Å². The molecule has 16 heavy (non-hydrogen) atoms. The second kappa shape index (κ2) is 4.72. The number of amides is 1. The highest BCUT2D eigenvalue weighted by molar-refractivity contribution is 9.10. The summed E-state index contributed by atoms with van der Waals surface area (Å²) in [6, 6.07) is 5.58. The van der Waals surface area contributed by atoms with Crippen molar-refractivity contribution in [2.24, 2.45) is 5.73 Å². The Morgan fingerprint density at radius 2 is 2.19 bits per heavy atom. The van der Waals surface area contributed by atoms with Crippen LogP contribution in [-0.4, -0.2) is 10.8 Å². The first-order valence-electron chi connectivity index (χ1n) is 4.09. The molecule has 0 saturated carbocycles. The number of carbonyl (C=O) groups excluding carboxylic acids is 1. The highest BCUT2D eigenvalue weighted by Gasteiger charge is 2.20. The first-order chi connectivity index (χ1) is 7.45. The van der Waals surface area contributed by atoms with Crippen molar-refractivity contribution in [1.29, 1.82) is 5.26 Å². The monoisotopic (exact) mass is 283 g/mol. The Morgan fingerprint density at radius 3 is 2.62 bits per heavy atom. The third kappa shape index (κ3) is 2.55. The lowest BCUT2D eigenvalue weighted by molar-refractivity contribution is -0.385. The van der Waals surface area contributed by atoms with Gasteiger partial charge in [-0.2, -0.15) is 5.26 Å². The highest BCUT2D eigenvalue weighted by atomic mass is 79.9. The van der Waals surface area contributed by atoms with Crippen LogP contribution in [0.5, 0.6) is 0 Å². The summed E-state index contributed by atoms with van der Waals surface area (Å²) in [6.45, 7) is 0. The predicted octanol–water partition coefficient (Wildman–Crippen LogP) is 1.45. The van der Waals surface area contributed by atoms with Crippen LogP contribution in [-0.2, 0) is 4.79 Å². The Balaban J connectivity index is 3.29. The van der Waals surface area contributed by atoms with Gasteiger partial charge in [-0.15, -0.1) is 0 Å². The number of nitro benzene ring substituents is 1. The van der Waals surface area contributed by atoms with Crippen molar-refractivity contribution < 1.29 is 9.72 Å². The number of nitro groups is 1. The lowest BCUT2D eigenvalue weighted by Crippen LogP contribution is -2.20. The van der Waals surface area contributed by atoms with Gasteiger partial charge in [-0.05, 0) is 11.6 Å². The van der Waals surface area contributed by atoms with E-state index in [1.54, 1.807) is 6.07 Å². The number of rotatable bonds is 3. The van der Waals surface area contributed by atoms with Gasteiger partial charge in [-0.25, -0.2) is 0 Å². The molecule has 0 aromatic heterocycles. The van der Waals surface area contributed by atoms with E-state index in [0.717, 1.165) is 6.07 Å². The van der Waals surface area contributed by atoms with Crippen LogP contribution in [0.1, 0.15) is 11.5 Å². The molecule has 1 atom stereocenters. The molecular formula is C9H6BrN3O3. The lowest BCUT2D eigenvalue weighted by atomic mass is 10.00. The Kier molecular flexibility index (Phi) is 3.58. The van der Waals surface area contributed by atoms with Crippen LogP contribution in [0.4, 0.5) is 5.69 Å². The van der Waals surface area contributed by atoms with Crippen molar-refractivity contribution >= 4 is 27.5 Å². The van der Waals surface area contributed by atoms with Gasteiger partial charge in [0.2, 0.25) is 5.91 Å². The number of hydrogen-bond acceptors (Lipinski definition) is 4. The van der Waals surface area contributed by atoms with Gasteiger partial charge < -0.3 is 5.73 Å². The molecule has 1 unspecified atom stereocenters. The van der Waals surface area contributed by atoms with Crippen LogP contribution < -0.4 is 5.73 Å². The van der Waals surface area contributed by atoms with Gasteiger partial charge in [0.25, 0.3) is 5.69 Å². The third-order valence-corrected chi connectivity index (χ3v) is 2.32. The Hall–Kier alpha value is -1.94. The van der Waals surface area contributed by atoms with Gasteiger partial charge in [-0.1, -0.05) is 15.9 Å². The fourth-order valence-electron chi connectivity index (χ4n) is 1.17. The van der Waals surface area contributed by atoms with E-state index >= 15 is 0 Å².